The lowest BCUT2D eigenvalue weighted by Gasteiger charge is -2.08. The van der Waals surface area contributed by atoms with Gasteiger partial charge in [-0.05, 0) is 30.1 Å². The van der Waals surface area contributed by atoms with Crippen molar-refractivity contribution < 1.29 is 19.0 Å². The zero-order valence-corrected chi connectivity index (χ0v) is 17.9. The molecule has 0 spiro atoms. The molecule has 26 heavy (non-hydrogen) atoms. The van der Waals surface area contributed by atoms with Gasteiger partial charge in [-0.25, -0.2) is 4.79 Å². The second-order valence-corrected chi connectivity index (χ2v) is 4.92. The quantitative estimate of drug-likeness (QED) is 0.427. The summed E-state index contributed by atoms with van der Waals surface area (Å²) in [5.41, 5.74) is 1.61. The molecule has 0 saturated carbocycles. The molecule has 3 rings (SSSR count). The smallest absolute Gasteiger partial charge is 0.337 e. The number of hydrogen-bond acceptors (Lipinski definition) is 4. The van der Waals surface area contributed by atoms with E-state index >= 15 is 0 Å². The minimum absolute atomic E-state index is 0.192. The standard InChI is InChI=1S/C9H9ClO2.C8H8O2.C2H6.CH3Br/c10-8-3-1-7(2-4-8)9-11-5-6-12-9;1-10-8(9)7-5-3-2-4-6-7;2*1-2/h1-4,9H,5-6H2;2-6H,1H3;1-2H3;1H3. The molecule has 0 aliphatic carbocycles. The molecule has 1 heterocycles. The topological polar surface area (TPSA) is 44.8 Å². The fourth-order valence-corrected chi connectivity index (χ4v) is 1.99. The maximum Gasteiger partial charge on any atom is 0.337 e. The van der Waals surface area contributed by atoms with Crippen LogP contribution in [0.2, 0.25) is 5.02 Å². The van der Waals surface area contributed by atoms with Crippen molar-refractivity contribution in [2.75, 3.05) is 26.2 Å². The number of carbonyl (C=O) groups is 1. The Morgan fingerprint density at radius 2 is 1.50 bits per heavy atom. The molecule has 0 aromatic heterocycles. The van der Waals surface area contributed by atoms with Crippen LogP contribution in [0.25, 0.3) is 0 Å². The molecule has 0 unspecified atom stereocenters. The summed E-state index contributed by atoms with van der Waals surface area (Å²) in [5.74, 6) is 1.52. The van der Waals surface area contributed by atoms with Gasteiger partial charge in [0.15, 0.2) is 6.29 Å². The van der Waals surface area contributed by atoms with E-state index < -0.39 is 0 Å². The average molecular weight is 446 g/mol. The van der Waals surface area contributed by atoms with Crippen molar-refractivity contribution in [1.82, 2.24) is 0 Å². The lowest BCUT2D eigenvalue weighted by Crippen LogP contribution is -1.99. The molecule has 4 nitrogen and oxygen atoms in total. The Hall–Kier alpha value is -1.40. The summed E-state index contributed by atoms with van der Waals surface area (Å²) in [6.45, 7) is 5.35. The summed E-state index contributed by atoms with van der Waals surface area (Å²) >= 11 is 8.67. The molecule has 0 N–H and O–H groups in total. The Bertz CT molecular complexity index is 585. The maximum atomic E-state index is 10.8. The first-order valence-corrected chi connectivity index (χ1v) is 10.2. The van der Waals surface area contributed by atoms with E-state index in [-0.39, 0.29) is 12.3 Å². The lowest BCUT2D eigenvalue weighted by molar-refractivity contribution is -0.0441. The molecule has 0 bridgehead atoms. The van der Waals surface area contributed by atoms with Crippen LogP contribution in [0.1, 0.15) is 36.1 Å². The van der Waals surface area contributed by atoms with E-state index in [4.69, 9.17) is 21.1 Å². The zero-order chi connectivity index (χ0) is 19.8. The number of carbonyl (C=O) groups excluding carboxylic acids is 1. The molecular weight excluding hydrogens is 420 g/mol. The van der Waals surface area contributed by atoms with Crippen LogP contribution in [0.3, 0.4) is 0 Å². The van der Waals surface area contributed by atoms with Crippen LogP contribution in [0.15, 0.2) is 54.6 Å². The number of benzene rings is 2. The van der Waals surface area contributed by atoms with Crippen molar-refractivity contribution in [2.45, 2.75) is 20.1 Å². The van der Waals surface area contributed by atoms with Crippen molar-refractivity contribution in [1.29, 1.82) is 0 Å². The Morgan fingerprint density at radius 3 is 1.96 bits per heavy atom. The predicted molar refractivity (Wildman–Crippen MR) is 110 cm³/mol. The monoisotopic (exact) mass is 444 g/mol. The van der Waals surface area contributed by atoms with Crippen molar-refractivity contribution in [3.63, 3.8) is 0 Å². The number of esters is 1. The van der Waals surface area contributed by atoms with Crippen molar-refractivity contribution in [3.8, 4) is 0 Å². The van der Waals surface area contributed by atoms with Crippen molar-refractivity contribution >= 4 is 33.5 Å². The third kappa shape index (κ3) is 9.34. The molecule has 1 fully saturated rings. The number of alkyl halides is 1. The fourth-order valence-electron chi connectivity index (χ4n) is 1.86. The Balaban J connectivity index is 0.000000409. The van der Waals surface area contributed by atoms with E-state index in [2.05, 4.69) is 20.7 Å². The number of methoxy groups -OCH3 is 1. The Labute approximate surface area is 169 Å². The maximum absolute atomic E-state index is 10.8. The van der Waals surface area contributed by atoms with E-state index in [0.717, 1.165) is 10.6 Å². The second-order valence-electron chi connectivity index (χ2n) is 4.48. The van der Waals surface area contributed by atoms with Gasteiger partial charge in [-0.15, -0.1) is 0 Å². The van der Waals surface area contributed by atoms with Gasteiger partial charge in [-0.2, -0.15) is 0 Å². The van der Waals surface area contributed by atoms with E-state index in [1.165, 1.54) is 7.11 Å². The van der Waals surface area contributed by atoms with Gasteiger partial charge in [0.05, 0.1) is 25.9 Å². The van der Waals surface area contributed by atoms with Crippen molar-refractivity contribution in [2.24, 2.45) is 0 Å². The summed E-state index contributed by atoms with van der Waals surface area (Å²) in [6.07, 6.45) is -0.192. The van der Waals surface area contributed by atoms with Gasteiger partial charge in [0, 0.05) is 10.6 Å². The van der Waals surface area contributed by atoms with Gasteiger partial charge >= 0.3 is 5.97 Å². The second kappa shape index (κ2) is 15.8. The summed E-state index contributed by atoms with van der Waals surface area (Å²) < 4.78 is 15.1. The van der Waals surface area contributed by atoms with Crippen LogP contribution in [-0.4, -0.2) is 32.1 Å². The van der Waals surface area contributed by atoms with Gasteiger partial charge in [0.1, 0.15) is 0 Å². The third-order valence-corrected chi connectivity index (χ3v) is 3.21. The molecule has 0 atom stereocenters. The largest absolute Gasteiger partial charge is 0.465 e. The summed E-state index contributed by atoms with van der Waals surface area (Å²) in [7, 11) is 1.37. The molecule has 2 aromatic rings. The van der Waals surface area contributed by atoms with E-state index in [1.807, 2.05) is 50.0 Å². The average Bonchev–Trinajstić information content (AvgIpc) is 3.27. The van der Waals surface area contributed by atoms with E-state index in [0.29, 0.717) is 18.8 Å². The third-order valence-electron chi connectivity index (χ3n) is 2.96. The molecule has 1 aliphatic rings. The summed E-state index contributed by atoms with van der Waals surface area (Å²) in [6, 6.07) is 16.4. The van der Waals surface area contributed by atoms with Gasteiger partial charge in [-0.3, -0.25) is 0 Å². The molecule has 1 saturated heterocycles. The van der Waals surface area contributed by atoms with Gasteiger partial charge in [0.25, 0.3) is 0 Å². The minimum Gasteiger partial charge on any atom is -0.465 e. The molecular formula is C20H26BrClO4. The van der Waals surface area contributed by atoms with Crippen molar-refractivity contribution in [3.05, 3.63) is 70.7 Å². The van der Waals surface area contributed by atoms with E-state index in [1.54, 1.807) is 24.3 Å². The highest BCUT2D eigenvalue weighted by molar-refractivity contribution is 9.08. The lowest BCUT2D eigenvalue weighted by atomic mass is 10.2. The fraction of sp³-hybridized carbons (Fsp3) is 0.350. The molecule has 2 aromatic carbocycles. The first-order chi connectivity index (χ1) is 12.7. The minimum atomic E-state index is -0.291. The van der Waals surface area contributed by atoms with Crippen LogP contribution >= 0.6 is 27.5 Å². The highest BCUT2D eigenvalue weighted by atomic mass is 79.9. The first-order valence-electron chi connectivity index (χ1n) is 8.20. The van der Waals surface area contributed by atoms with Crippen LogP contribution in [0.4, 0.5) is 0 Å². The molecule has 6 heteroatoms. The Morgan fingerprint density at radius 1 is 1.00 bits per heavy atom. The van der Waals surface area contributed by atoms with Gasteiger partial charge in [0.2, 0.25) is 0 Å². The van der Waals surface area contributed by atoms with Crippen LogP contribution in [0, 0.1) is 0 Å². The van der Waals surface area contributed by atoms with Crippen LogP contribution < -0.4 is 0 Å². The zero-order valence-electron chi connectivity index (χ0n) is 15.6. The number of ether oxygens (including phenoxy) is 3. The van der Waals surface area contributed by atoms with Crippen LogP contribution in [0.5, 0.6) is 0 Å². The van der Waals surface area contributed by atoms with E-state index in [9.17, 15) is 4.79 Å². The molecule has 1 aliphatic heterocycles. The van der Waals surface area contributed by atoms with Gasteiger partial charge < -0.3 is 14.2 Å². The summed E-state index contributed by atoms with van der Waals surface area (Å²) in [5, 5.41) is 0.733. The number of halogens is 2. The van der Waals surface area contributed by atoms with Gasteiger partial charge in [-0.1, -0.05) is 71.7 Å². The highest BCUT2D eigenvalue weighted by Gasteiger charge is 2.17. The first kappa shape index (κ1) is 24.6. The molecule has 144 valence electrons. The van der Waals surface area contributed by atoms with Crippen LogP contribution in [-0.2, 0) is 14.2 Å². The SMILES string of the molecule is CBr.CC.COC(=O)c1ccccc1.Clc1ccc(C2OCCO2)cc1. The molecule has 0 amide bonds. The normalized spacial score (nSPS) is 12.4. The Kier molecular flexibility index (Phi) is 15.0. The summed E-state index contributed by atoms with van der Waals surface area (Å²) in [4.78, 5) is 10.8. The predicted octanol–water partition coefficient (Wildman–Crippen LogP) is 5.90. The highest BCUT2D eigenvalue weighted by Crippen LogP contribution is 2.24. The molecule has 0 radical (unpaired) electrons. The number of rotatable bonds is 2. The number of hydrogen-bond donors (Lipinski definition) is 0.